The molecule has 0 saturated carbocycles. The molecule has 0 bridgehead atoms. The Morgan fingerprint density at radius 2 is 2.28 bits per heavy atom. The maximum atomic E-state index is 11.2. The third kappa shape index (κ3) is 2.09. The number of aromatic amines is 1. The van der Waals surface area contributed by atoms with Gasteiger partial charge in [0.2, 0.25) is 0 Å². The molecule has 0 aliphatic carbocycles. The molecule has 2 aromatic rings. The van der Waals surface area contributed by atoms with E-state index in [1.165, 1.54) is 0 Å². The Morgan fingerprint density at radius 1 is 1.56 bits per heavy atom. The number of hydrogen-bond donors (Lipinski definition) is 3. The van der Waals surface area contributed by atoms with E-state index in [1.54, 1.807) is 13.2 Å². The summed E-state index contributed by atoms with van der Waals surface area (Å²) in [7, 11) is 1.57. The number of fused-ring (bicyclic) bond motifs is 1. The van der Waals surface area contributed by atoms with Gasteiger partial charge in [-0.3, -0.25) is 0 Å². The summed E-state index contributed by atoms with van der Waals surface area (Å²) in [6.07, 6.45) is 0.506. The number of ether oxygens (including phenoxy) is 1. The van der Waals surface area contributed by atoms with Crippen LogP contribution in [0.2, 0.25) is 0 Å². The minimum atomic E-state index is -0.982. The monoisotopic (exact) mass is 312 g/mol. The number of carboxylic acids is 1. The number of nitrogens with one attached hydrogen (secondary N) is 1. The Balaban J connectivity index is 2.73. The number of methoxy groups -OCH3 is 1. The van der Waals surface area contributed by atoms with E-state index in [4.69, 9.17) is 10.5 Å². The summed E-state index contributed by atoms with van der Waals surface area (Å²) in [5.74, 6) is -0.318. The molecule has 1 aromatic heterocycles. The van der Waals surface area contributed by atoms with Crippen LogP contribution in [0, 0.1) is 0 Å². The van der Waals surface area contributed by atoms with Crippen molar-refractivity contribution in [1.82, 2.24) is 4.98 Å². The van der Waals surface area contributed by atoms with Gasteiger partial charge in [-0.2, -0.15) is 0 Å². The number of halogens is 1. The van der Waals surface area contributed by atoms with Crippen molar-refractivity contribution in [2.45, 2.75) is 6.42 Å². The smallest absolute Gasteiger partial charge is 0.352 e. The topological polar surface area (TPSA) is 88.3 Å². The van der Waals surface area contributed by atoms with Crippen LogP contribution in [0.3, 0.4) is 0 Å². The lowest BCUT2D eigenvalue weighted by Crippen LogP contribution is -2.07. The van der Waals surface area contributed by atoms with Crippen LogP contribution in [0.25, 0.3) is 10.9 Å². The van der Waals surface area contributed by atoms with Crippen LogP contribution >= 0.6 is 15.9 Å². The summed E-state index contributed by atoms with van der Waals surface area (Å²) in [5, 5.41) is 10.0. The normalized spacial score (nSPS) is 10.8. The minimum Gasteiger partial charge on any atom is -0.496 e. The van der Waals surface area contributed by atoms with E-state index in [1.807, 2.05) is 6.07 Å². The molecule has 0 fully saturated rings. The van der Waals surface area contributed by atoms with Crippen LogP contribution in [-0.4, -0.2) is 29.7 Å². The molecular formula is C12H13BrN2O3. The van der Waals surface area contributed by atoms with Gasteiger partial charge in [-0.25, -0.2) is 4.79 Å². The van der Waals surface area contributed by atoms with Crippen molar-refractivity contribution >= 4 is 32.8 Å². The van der Waals surface area contributed by atoms with Crippen LogP contribution in [0.4, 0.5) is 0 Å². The first-order valence-corrected chi connectivity index (χ1v) is 6.19. The van der Waals surface area contributed by atoms with Crippen molar-refractivity contribution in [3.63, 3.8) is 0 Å². The second-order valence-corrected chi connectivity index (χ2v) is 4.71. The predicted molar refractivity (Wildman–Crippen MR) is 72.3 cm³/mol. The standard InChI is InChI=1S/C12H13BrN2O3/c1-18-10-4-7-6(2-3-14)11(12(16)17)15-9(7)5-8(10)13/h4-5,15H,2-3,14H2,1H3,(H,16,17). The number of carboxylic acid groups (broad SMARTS) is 1. The zero-order valence-electron chi connectivity index (χ0n) is 9.79. The first-order valence-electron chi connectivity index (χ1n) is 5.40. The molecule has 0 atom stereocenters. The number of H-pyrrole nitrogens is 1. The highest BCUT2D eigenvalue weighted by Gasteiger charge is 2.17. The fourth-order valence-corrected chi connectivity index (χ4v) is 2.50. The van der Waals surface area contributed by atoms with Gasteiger partial charge < -0.3 is 20.6 Å². The largest absolute Gasteiger partial charge is 0.496 e. The van der Waals surface area contributed by atoms with Crippen molar-refractivity contribution in [3.05, 3.63) is 27.9 Å². The number of aromatic carboxylic acids is 1. The average Bonchev–Trinajstić information content (AvgIpc) is 2.67. The number of nitrogens with two attached hydrogens (primary N) is 1. The highest BCUT2D eigenvalue weighted by Crippen LogP contribution is 2.33. The molecule has 2 rings (SSSR count). The van der Waals surface area contributed by atoms with Crippen molar-refractivity contribution in [3.8, 4) is 5.75 Å². The van der Waals surface area contributed by atoms with Crippen LogP contribution < -0.4 is 10.5 Å². The number of rotatable bonds is 4. The fourth-order valence-electron chi connectivity index (χ4n) is 1.99. The van der Waals surface area contributed by atoms with Gasteiger partial charge in [0, 0.05) is 10.9 Å². The lowest BCUT2D eigenvalue weighted by Gasteiger charge is -2.04. The molecular weight excluding hydrogens is 300 g/mol. The van der Waals surface area contributed by atoms with Gasteiger partial charge in [-0.1, -0.05) is 0 Å². The van der Waals surface area contributed by atoms with E-state index in [0.29, 0.717) is 24.3 Å². The maximum Gasteiger partial charge on any atom is 0.352 e. The minimum absolute atomic E-state index is 0.190. The molecule has 4 N–H and O–H groups in total. The third-order valence-corrected chi connectivity index (χ3v) is 3.41. The molecule has 0 unspecified atom stereocenters. The lowest BCUT2D eigenvalue weighted by atomic mass is 10.1. The summed E-state index contributed by atoms with van der Waals surface area (Å²) in [6.45, 7) is 0.394. The highest BCUT2D eigenvalue weighted by molar-refractivity contribution is 9.10. The van der Waals surface area contributed by atoms with E-state index in [9.17, 15) is 9.90 Å². The zero-order chi connectivity index (χ0) is 13.3. The number of benzene rings is 1. The first kappa shape index (κ1) is 12.9. The quantitative estimate of drug-likeness (QED) is 0.807. The Labute approximate surface area is 112 Å². The third-order valence-electron chi connectivity index (χ3n) is 2.79. The Bertz CT molecular complexity index is 607. The van der Waals surface area contributed by atoms with Crippen LogP contribution in [-0.2, 0) is 6.42 Å². The molecule has 0 amide bonds. The number of carbonyl (C=O) groups is 1. The van der Waals surface area contributed by atoms with Crippen LogP contribution in [0.1, 0.15) is 16.1 Å². The average molecular weight is 313 g/mol. The van der Waals surface area contributed by atoms with E-state index in [2.05, 4.69) is 20.9 Å². The van der Waals surface area contributed by atoms with Gasteiger partial charge in [-0.15, -0.1) is 0 Å². The SMILES string of the molecule is COc1cc2c(CCN)c(C(=O)O)[nH]c2cc1Br. The molecule has 18 heavy (non-hydrogen) atoms. The van der Waals surface area contributed by atoms with E-state index < -0.39 is 5.97 Å². The highest BCUT2D eigenvalue weighted by atomic mass is 79.9. The second kappa shape index (κ2) is 4.99. The van der Waals surface area contributed by atoms with Crippen LogP contribution in [0.5, 0.6) is 5.75 Å². The van der Waals surface area contributed by atoms with Crippen molar-refractivity contribution < 1.29 is 14.6 Å². The molecule has 0 aliphatic heterocycles. The molecule has 5 nitrogen and oxygen atoms in total. The molecule has 0 spiro atoms. The fraction of sp³-hybridized carbons (Fsp3) is 0.250. The molecule has 1 aromatic carbocycles. The molecule has 6 heteroatoms. The van der Waals surface area contributed by atoms with Gasteiger partial charge in [0.1, 0.15) is 11.4 Å². The van der Waals surface area contributed by atoms with Gasteiger partial charge in [0.15, 0.2) is 0 Å². The molecule has 96 valence electrons. The molecule has 1 heterocycles. The summed E-state index contributed by atoms with van der Waals surface area (Å²) in [4.78, 5) is 14.1. The maximum absolute atomic E-state index is 11.2. The Kier molecular flexibility index (Phi) is 3.58. The second-order valence-electron chi connectivity index (χ2n) is 3.85. The van der Waals surface area contributed by atoms with Crippen LogP contribution in [0.15, 0.2) is 16.6 Å². The number of hydrogen-bond acceptors (Lipinski definition) is 3. The van der Waals surface area contributed by atoms with Gasteiger partial charge in [0.25, 0.3) is 0 Å². The predicted octanol–water partition coefficient (Wildman–Crippen LogP) is 2.14. The Morgan fingerprint density at radius 3 is 2.83 bits per heavy atom. The van der Waals surface area contributed by atoms with E-state index in [-0.39, 0.29) is 5.69 Å². The summed E-state index contributed by atoms with van der Waals surface area (Å²) < 4.78 is 5.99. The Hall–Kier alpha value is -1.53. The lowest BCUT2D eigenvalue weighted by molar-refractivity contribution is 0.0690. The van der Waals surface area contributed by atoms with E-state index in [0.717, 1.165) is 15.4 Å². The first-order chi connectivity index (χ1) is 8.58. The van der Waals surface area contributed by atoms with Gasteiger partial charge in [-0.05, 0) is 46.6 Å². The molecule has 0 radical (unpaired) electrons. The summed E-state index contributed by atoms with van der Waals surface area (Å²) in [6, 6.07) is 3.62. The molecule has 0 saturated heterocycles. The van der Waals surface area contributed by atoms with E-state index >= 15 is 0 Å². The van der Waals surface area contributed by atoms with Crippen molar-refractivity contribution in [1.29, 1.82) is 0 Å². The van der Waals surface area contributed by atoms with Gasteiger partial charge in [0.05, 0.1) is 11.6 Å². The summed E-state index contributed by atoms with van der Waals surface area (Å²) >= 11 is 3.37. The molecule has 0 aliphatic rings. The van der Waals surface area contributed by atoms with Gasteiger partial charge >= 0.3 is 5.97 Å². The zero-order valence-corrected chi connectivity index (χ0v) is 11.4. The van der Waals surface area contributed by atoms with Crippen molar-refractivity contribution in [2.24, 2.45) is 5.73 Å². The number of aromatic nitrogens is 1. The summed E-state index contributed by atoms with van der Waals surface area (Å²) in [5.41, 5.74) is 7.19. The van der Waals surface area contributed by atoms with Crippen molar-refractivity contribution in [2.75, 3.05) is 13.7 Å².